The van der Waals surface area contributed by atoms with Crippen LogP contribution in [0.5, 0.6) is 5.75 Å². The molecule has 2 aromatic carbocycles. The van der Waals surface area contributed by atoms with Gasteiger partial charge in [0, 0.05) is 0 Å². The van der Waals surface area contributed by atoms with E-state index < -0.39 is 10.0 Å². The third kappa shape index (κ3) is 3.04. The summed E-state index contributed by atoms with van der Waals surface area (Å²) in [6, 6.07) is 10.7. The molecule has 1 N–H and O–H groups in total. The van der Waals surface area contributed by atoms with Crippen LogP contribution in [0, 0.1) is 23.7 Å². The monoisotopic (exact) mass is 472 g/mol. The lowest BCUT2D eigenvalue weighted by Crippen LogP contribution is -2.33. The summed E-state index contributed by atoms with van der Waals surface area (Å²) in [5.74, 6) is -0.816. The first-order valence-electron chi connectivity index (χ1n) is 10.2. The number of ether oxygens (including phenoxy) is 1. The molecule has 3 aliphatic rings. The number of allylic oxidation sites excluding steroid dienone is 2. The Morgan fingerprint density at radius 1 is 1.09 bits per heavy atom. The molecule has 5 rings (SSSR count). The first-order valence-corrected chi connectivity index (χ1v) is 12.1. The molecule has 7 nitrogen and oxygen atoms in total. The van der Waals surface area contributed by atoms with Crippen molar-refractivity contribution in [2.75, 3.05) is 16.7 Å². The van der Waals surface area contributed by atoms with E-state index in [0.29, 0.717) is 5.75 Å². The van der Waals surface area contributed by atoms with Crippen molar-refractivity contribution < 1.29 is 22.7 Å². The van der Waals surface area contributed by atoms with Crippen molar-refractivity contribution in [3.8, 4) is 5.75 Å². The van der Waals surface area contributed by atoms with Gasteiger partial charge in [-0.25, -0.2) is 13.3 Å². The van der Waals surface area contributed by atoms with E-state index in [1.807, 2.05) is 6.92 Å². The van der Waals surface area contributed by atoms with Crippen molar-refractivity contribution in [2.24, 2.45) is 23.7 Å². The van der Waals surface area contributed by atoms with Gasteiger partial charge >= 0.3 is 0 Å². The molecule has 0 unspecified atom stereocenters. The molecular formula is C23H21ClN2O5S. The van der Waals surface area contributed by atoms with Crippen molar-refractivity contribution in [3.63, 3.8) is 0 Å². The largest absolute Gasteiger partial charge is 0.495 e. The van der Waals surface area contributed by atoms with Crippen LogP contribution in [0.3, 0.4) is 0 Å². The van der Waals surface area contributed by atoms with Crippen molar-refractivity contribution in [1.29, 1.82) is 0 Å². The van der Waals surface area contributed by atoms with Crippen molar-refractivity contribution >= 4 is 44.8 Å². The molecule has 0 radical (unpaired) electrons. The SMILES string of the molecule is COc1ccccc1NS(=O)(=O)c1cc(N2C(=O)[C@@H]3[C@@H](C2=O)[C@H]2C=C(C)[C@H]3C2)ccc1Cl. The molecule has 2 aliphatic carbocycles. The van der Waals surface area contributed by atoms with Gasteiger partial charge in [-0.05, 0) is 55.5 Å². The number of para-hydroxylation sites is 2. The van der Waals surface area contributed by atoms with E-state index in [0.717, 1.165) is 16.9 Å². The number of imide groups is 1. The summed E-state index contributed by atoms with van der Waals surface area (Å²) in [7, 11) is -2.69. The summed E-state index contributed by atoms with van der Waals surface area (Å²) in [6.07, 6.45) is 2.92. The Labute approximate surface area is 191 Å². The summed E-state index contributed by atoms with van der Waals surface area (Å²) in [5, 5.41) is -0.0204. The maximum atomic E-state index is 13.2. The zero-order valence-corrected chi connectivity index (χ0v) is 19.0. The molecule has 166 valence electrons. The first-order chi connectivity index (χ1) is 15.2. The molecule has 2 aromatic rings. The highest BCUT2D eigenvalue weighted by Crippen LogP contribution is 2.56. The Bertz CT molecular complexity index is 1290. The maximum absolute atomic E-state index is 13.2. The fourth-order valence-corrected chi connectivity index (χ4v) is 6.89. The minimum Gasteiger partial charge on any atom is -0.495 e. The van der Waals surface area contributed by atoms with Crippen LogP contribution in [0.1, 0.15) is 13.3 Å². The zero-order chi connectivity index (χ0) is 22.8. The molecular weight excluding hydrogens is 452 g/mol. The molecule has 1 saturated carbocycles. The number of halogens is 1. The number of benzene rings is 2. The first kappa shape index (κ1) is 21.0. The van der Waals surface area contributed by atoms with E-state index in [-0.39, 0.29) is 56.8 Å². The molecule has 4 atom stereocenters. The zero-order valence-electron chi connectivity index (χ0n) is 17.4. The molecule has 2 fully saturated rings. The van der Waals surface area contributed by atoms with Gasteiger partial charge < -0.3 is 4.74 Å². The van der Waals surface area contributed by atoms with E-state index in [4.69, 9.17) is 16.3 Å². The van der Waals surface area contributed by atoms with Gasteiger partial charge in [-0.1, -0.05) is 35.4 Å². The number of carbonyl (C=O) groups excluding carboxylic acids is 2. The third-order valence-corrected chi connectivity index (χ3v) is 8.54. The second kappa shape index (κ2) is 7.35. The van der Waals surface area contributed by atoms with Gasteiger partial charge in [0.25, 0.3) is 10.0 Å². The number of nitrogens with one attached hydrogen (secondary N) is 1. The fourth-order valence-electron chi connectivity index (χ4n) is 5.29. The Morgan fingerprint density at radius 3 is 2.56 bits per heavy atom. The van der Waals surface area contributed by atoms with Gasteiger partial charge in [0.15, 0.2) is 0 Å². The Hall–Kier alpha value is -2.84. The number of anilines is 2. The smallest absolute Gasteiger partial charge is 0.263 e. The van der Waals surface area contributed by atoms with Crippen LogP contribution >= 0.6 is 11.6 Å². The lowest BCUT2D eigenvalue weighted by molar-refractivity contribution is -0.123. The van der Waals surface area contributed by atoms with E-state index in [9.17, 15) is 18.0 Å². The maximum Gasteiger partial charge on any atom is 0.263 e. The number of amides is 2. The molecule has 1 aliphatic heterocycles. The van der Waals surface area contributed by atoms with Crippen LogP contribution in [0.2, 0.25) is 5.02 Å². The van der Waals surface area contributed by atoms with Crippen LogP contribution in [-0.2, 0) is 19.6 Å². The highest BCUT2D eigenvalue weighted by atomic mass is 35.5. The minimum atomic E-state index is -4.12. The third-order valence-electron chi connectivity index (χ3n) is 6.69. The van der Waals surface area contributed by atoms with Gasteiger partial charge in [-0.3, -0.25) is 14.3 Å². The number of nitrogens with zero attached hydrogens (tertiary/aromatic N) is 1. The number of fused-ring (bicyclic) bond motifs is 5. The molecule has 32 heavy (non-hydrogen) atoms. The molecule has 0 spiro atoms. The van der Waals surface area contributed by atoms with Crippen LogP contribution < -0.4 is 14.4 Å². The number of carbonyl (C=O) groups is 2. The Kier molecular flexibility index (Phi) is 4.83. The molecule has 9 heteroatoms. The lowest BCUT2D eigenvalue weighted by Gasteiger charge is -2.20. The summed E-state index contributed by atoms with van der Waals surface area (Å²) in [5.41, 5.74) is 1.60. The van der Waals surface area contributed by atoms with E-state index in [1.165, 1.54) is 25.3 Å². The number of hydrogen-bond acceptors (Lipinski definition) is 5. The Balaban J connectivity index is 1.50. The van der Waals surface area contributed by atoms with E-state index in [1.54, 1.807) is 24.3 Å². The fraction of sp³-hybridized carbons (Fsp3) is 0.304. The van der Waals surface area contributed by atoms with E-state index >= 15 is 0 Å². The van der Waals surface area contributed by atoms with Gasteiger partial charge in [0.2, 0.25) is 11.8 Å². The standard InChI is InChI=1S/C23H21ClN2O5S/c1-12-9-13-10-15(12)21-20(13)22(27)26(23(21)28)14-7-8-16(24)19(11-14)32(29,30)25-17-5-3-4-6-18(17)31-2/h3-9,11,13,15,20-21,25H,10H2,1-2H3/t13-,15+,20-,21-/m0/s1. The summed E-state index contributed by atoms with van der Waals surface area (Å²) >= 11 is 6.22. The molecule has 1 heterocycles. The predicted molar refractivity (Wildman–Crippen MR) is 120 cm³/mol. The van der Waals surface area contributed by atoms with Crippen molar-refractivity contribution in [1.82, 2.24) is 0 Å². The topological polar surface area (TPSA) is 92.8 Å². The number of methoxy groups -OCH3 is 1. The van der Waals surface area contributed by atoms with Crippen molar-refractivity contribution in [2.45, 2.75) is 18.2 Å². The molecule has 2 amide bonds. The Morgan fingerprint density at radius 2 is 1.81 bits per heavy atom. The summed E-state index contributed by atoms with van der Waals surface area (Å²) in [6.45, 7) is 2.00. The van der Waals surface area contributed by atoms with Gasteiger partial charge in [-0.15, -0.1) is 0 Å². The second-order valence-corrected chi connectivity index (χ2v) is 10.5. The van der Waals surface area contributed by atoms with Gasteiger partial charge in [-0.2, -0.15) is 0 Å². The average Bonchev–Trinajstić information content (AvgIpc) is 3.39. The van der Waals surface area contributed by atoms with Gasteiger partial charge in [0.05, 0.1) is 35.3 Å². The van der Waals surface area contributed by atoms with Crippen LogP contribution in [-0.4, -0.2) is 27.3 Å². The van der Waals surface area contributed by atoms with Gasteiger partial charge in [0.1, 0.15) is 10.6 Å². The summed E-state index contributed by atoms with van der Waals surface area (Å²) < 4.78 is 33.9. The second-order valence-electron chi connectivity index (χ2n) is 8.40. The van der Waals surface area contributed by atoms with Crippen molar-refractivity contribution in [3.05, 3.63) is 59.1 Å². The van der Waals surface area contributed by atoms with Crippen LogP contribution in [0.4, 0.5) is 11.4 Å². The molecule has 0 aromatic heterocycles. The normalized spacial score (nSPS) is 26.3. The number of sulfonamides is 1. The van der Waals surface area contributed by atoms with Crippen LogP contribution in [0.25, 0.3) is 0 Å². The molecule has 1 saturated heterocycles. The highest BCUT2D eigenvalue weighted by Gasteiger charge is 2.61. The minimum absolute atomic E-state index is 0.0204. The number of rotatable bonds is 5. The predicted octanol–water partition coefficient (Wildman–Crippen LogP) is 3.85. The number of hydrogen-bond donors (Lipinski definition) is 1. The average molecular weight is 473 g/mol. The summed E-state index contributed by atoms with van der Waals surface area (Å²) in [4.78, 5) is 27.3. The lowest BCUT2D eigenvalue weighted by atomic mass is 9.82. The molecule has 2 bridgehead atoms. The van der Waals surface area contributed by atoms with E-state index in [2.05, 4.69) is 10.8 Å². The van der Waals surface area contributed by atoms with Crippen LogP contribution in [0.15, 0.2) is 59.0 Å². The quantitative estimate of drug-likeness (QED) is 0.527. The highest BCUT2D eigenvalue weighted by molar-refractivity contribution is 7.92.